The highest BCUT2D eigenvalue weighted by atomic mass is 32.2. The molecule has 0 atom stereocenters. The molecule has 190 valence electrons. The molecule has 0 radical (unpaired) electrons. The summed E-state index contributed by atoms with van der Waals surface area (Å²) in [4.78, 5) is 29.5. The monoisotopic (exact) mass is 535 g/mol. The Morgan fingerprint density at radius 2 is 1.70 bits per heavy atom. The number of hydrogen-bond acceptors (Lipinski definition) is 7. The molecule has 0 saturated carbocycles. The van der Waals surface area contributed by atoms with Gasteiger partial charge in [-0.25, -0.2) is 18.2 Å². The zero-order valence-corrected chi connectivity index (χ0v) is 21.8. The van der Waals surface area contributed by atoms with Gasteiger partial charge in [0.25, 0.3) is 5.91 Å². The first-order valence-electron chi connectivity index (χ1n) is 11.8. The lowest BCUT2D eigenvalue weighted by atomic mass is 10.2. The number of aryl methyl sites for hydroxylation is 1. The van der Waals surface area contributed by atoms with Crippen LogP contribution in [0.1, 0.15) is 28.8 Å². The van der Waals surface area contributed by atoms with Crippen molar-refractivity contribution in [1.29, 1.82) is 0 Å². The summed E-state index contributed by atoms with van der Waals surface area (Å²) in [6.45, 7) is 2.59. The van der Waals surface area contributed by atoms with Crippen molar-refractivity contribution in [3.05, 3.63) is 77.9 Å². The maximum Gasteiger partial charge on any atom is 0.338 e. The van der Waals surface area contributed by atoms with E-state index >= 15 is 0 Å². The average molecular weight is 536 g/mol. The van der Waals surface area contributed by atoms with Crippen molar-refractivity contribution in [2.75, 3.05) is 25.0 Å². The lowest BCUT2D eigenvalue weighted by Crippen LogP contribution is -2.27. The highest BCUT2D eigenvalue weighted by Gasteiger charge is 2.27. The number of anilines is 1. The summed E-state index contributed by atoms with van der Waals surface area (Å²) in [6.07, 6.45) is 1.69. The predicted octanol–water partition coefficient (Wildman–Crippen LogP) is 4.85. The minimum absolute atomic E-state index is 0.133. The molecule has 3 aromatic carbocycles. The molecule has 0 bridgehead atoms. The Morgan fingerprint density at radius 1 is 1.00 bits per heavy atom. The molecule has 1 amide bonds. The van der Waals surface area contributed by atoms with Crippen molar-refractivity contribution in [3.8, 4) is 10.6 Å². The summed E-state index contributed by atoms with van der Waals surface area (Å²) in [5.41, 5.74) is 3.82. The largest absolute Gasteiger partial charge is 0.452 e. The number of thiazole rings is 1. The normalized spacial score (nSPS) is 14.1. The van der Waals surface area contributed by atoms with E-state index in [0.29, 0.717) is 18.8 Å². The molecule has 1 saturated heterocycles. The number of esters is 1. The molecule has 1 aliphatic heterocycles. The number of carbonyl (C=O) groups excluding carboxylic acids is 2. The Labute approximate surface area is 219 Å². The molecule has 37 heavy (non-hydrogen) atoms. The van der Waals surface area contributed by atoms with Crippen LogP contribution in [-0.2, 0) is 19.6 Å². The summed E-state index contributed by atoms with van der Waals surface area (Å²) >= 11 is 1.61. The van der Waals surface area contributed by atoms with E-state index in [1.54, 1.807) is 23.5 Å². The van der Waals surface area contributed by atoms with Gasteiger partial charge in [-0.1, -0.05) is 6.07 Å². The lowest BCUT2D eigenvalue weighted by molar-refractivity contribution is -0.119. The van der Waals surface area contributed by atoms with Crippen molar-refractivity contribution in [1.82, 2.24) is 9.29 Å². The molecule has 1 fully saturated rings. The van der Waals surface area contributed by atoms with Gasteiger partial charge in [0.15, 0.2) is 6.61 Å². The molecule has 5 rings (SSSR count). The average Bonchev–Trinajstić information content (AvgIpc) is 3.58. The van der Waals surface area contributed by atoms with Gasteiger partial charge in [-0.2, -0.15) is 4.31 Å². The predicted molar refractivity (Wildman–Crippen MR) is 143 cm³/mol. The van der Waals surface area contributed by atoms with E-state index in [0.717, 1.165) is 33.6 Å². The molecular weight excluding hydrogens is 510 g/mol. The number of hydrogen-bond donors (Lipinski definition) is 1. The molecule has 8 nitrogen and oxygen atoms in total. The quantitative estimate of drug-likeness (QED) is 0.339. The van der Waals surface area contributed by atoms with E-state index < -0.39 is 28.5 Å². The number of aromatic nitrogens is 1. The lowest BCUT2D eigenvalue weighted by Gasteiger charge is -2.15. The van der Waals surface area contributed by atoms with Crippen LogP contribution in [0.3, 0.4) is 0 Å². The van der Waals surface area contributed by atoms with Crippen LogP contribution in [0, 0.1) is 6.92 Å². The van der Waals surface area contributed by atoms with E-state index in [1.165, 1.54) is 34.1 Å². The third-order valence-electron chi connectivity index (χ3n) is 6.09. The summed E-state index contributed by atoms with van der Waals surface area (Å²) in [5.74, 6) is -1.19. The summed E-state index contributed by atoms with van der Waals surface area (Å²) in [6, 6.07) is 19.0. The fraction of sp³-hybridized carbons (Fsp3) is 0.222. The van der Waals surface area contributed by atoms with Crippen molar-refractivity contribution in [3.63, 3.8) is 0 Å². The van der Waals surface area contributed by atoms with Gasteiger partial charge in [0, 0.05) is 24.3 Å². The van der Waals surface area contributed by atoms with E-state index in [4.69, 9.17) is 4.74 Å². The Bertz CT molecular complexity index is 1560. The van der Waals surface area contributed by atoms with Gasteiger partial charge in [0.1, 0.15) is 5.01 Å². The number of fused-ring (bicyclic) bond motifs is 1. The molecule has 10 heteroatoms. The summed E-state index contributed by atoms with van der Waals surface area (Å²) in [5, 5.41) is 3.60. The topological polar surface area (TPSA) is 106 Å². The number of ether oxygens (including phenoxy) is 1. The Morgan fingerprint density at radius 3 is 2.41 bits per heavy atom. The van der Waals surface area contributed by atoms with Gasteiger partial charge in [-0.3, -0.25) is 4.79 Å². The molecule has 0 aliphatic carbocycles. The second kappa shape index (κ2) is 10.4. The first-order valence-corrected chi connectivity index (χ1v) is 14.1. The third-order valence-corrected chi connectivity index (χ3v) is 9.07. The smallest absolute Gasteiger partial charge is 0.338 e. The summed E-state index contributed by atoms with van der Waals surface area (Å²) < 4.78 is 32.9. The minimum Gasteiger partial charge on any atom is -0.452 e. The van der Waals surface area contributed by atoms with E-state index in [1.807, 2.05) is 31.2 Å². The molecule has 1 aromatic heterocycles. The van der Waals surface area contributed by atoms with Crippen molar-refractivity contribution >= 4 is 49.1 Å². The van der Waals surface area contributed by atoms with Crippen LogP contribution < -0.4 is 5.32 Å². The highest BCUT2D eigenvalue weighted by molar-refractivity contribution is 7.89. The van der Waals surface area contributed by atoms with E-state index in [-0.39, 0.29) is 10.5 Å². The van der Waals surface area contributed by atoms with Crippen molar-refractivity contribution in [2.24, 2.45) is 0 Å². The number of sulfonamides is 1. The number of nitrogens with zero attached hydrogens (tertiary/aromatic N) is 2. The first kappa shape index (κ1) is 25.1. The molecule has 0 unspecified atom stereocenters. The molecule has 1 aliphatic rings. The van der Waals surface area contributed by atoms with Crippen LogP contribution >= 0.6 is 11.3 Å². The van der Waals surface area contributed by atoms with Gasteiger partial charge in [-0.05, 0) is 86.0 Å². The van der Waals surface area contributed by atoms with Gasteiger partial charge in [0.05, 0.1) is 20.7 Å². The zero-order valence-electron chi connectivity index (χ0n) is 20.1. The molecule has 1 N–H and O–H groups in total. The van der Waals surface area contributed by atoms with Gasteiger partial charge >= 0.3 is 5.97 Å². The van der Waals surface area contributed by atoms with Gasteiger partial charge in [0.2, 0.25) is 10.0 Å². The highest BCUT2D eigenvalue weighted by Crippen LogP contribution is 2.31. The van der Waals surface area contributed by atoms with Crippen LogP contribution in [0.25, 0.3) is 20.8 Å². The fourth-order valence-electron chi connectivity index (χ4n) is 4.10. The SMILES string of the molecule is Cc1ccc2nc(-c3ccc(NC(=O)COC(=O)c4ccc(S(=O)(=O)N5CCCC5)cc4)cc3)sc2c1. The molecular formula is C27H25N3O5S2. The number of carbonyl (C=O) groups is 2. The fourth-order valence-corrected chi connectivity index (χ4v) is 6.69. The van der Waals surface area contributed by atoms with Crippen molar-refractivity contribution < 1.29 is 22.7 Å². The number of rotatable bonds is 7. The molecule has 2 heterocycles. The van der Waals surface area contributed by atoms with Gasteiger partial charge in [-0.15, -0.1) is 11.3 Å². The number of amides is 1. The van der Waals surface area contributed by atoms with Crippen LogP contribution in [0.15, 0.2) is 71.6 Å². The van der Waals surface area contributed by atoms with Crippen molar-refractivity contribution in [2.45, 2.75) is 24.7 Å². The second-order valence-electron chi connectivity index (χ2n) is 8.83. The molecule has 0 spiro atoms. The molecule has 4 aromatic rings. The minimum atomic E-state index is -3.56. The maximum absolute atomic E-state index is 12.6. The maximum atomic E-state index is 12.6. The zero-order chi connectivity index (χ0) is 26.0. The summed E-state index contributed by atoms with van der Waals surface area (Å²) in [7, 11) is -3.56. The third kappa shape index (κ3) is 5.56. The van der Waals surface area contributed by atoms with Crippen LogP contribution in [0.4, 0.5) is 5.69 Å². The van der Waals surface area contributed by atoms with Crippen LogP contribution in [0.2, 0.25) is 0 Å². The number of benzene rings is 3. The Kier molecular flexibility index (Phi) is 7.05. The Hall–Kier alpha value is -3.60. The van der Waals surface area contributed by atoms with E-state index in [2.05, 4.69) is 16.4 Å². The Balaban J connectivity index is 1.15. The van der Waals surface area contributed by atoms with Gasteiger partial charge < -0.3 is 10.1 Å². The van der Waals surface area contributed by atoms with Crippen LogP contribution in [0.5, 0.6) is 0 Å². The first-order chi connectivity index (χ1) is 17.8. The van der Waals surface area contributed by atoms with E-state index in [9.17, 15) is 18.0 Å². The number of nitrogens with one attached hydrogen (secondary N) is 1. The second-order valence-corrected chi connectivity index (χ2v) is 11.8. The van der Waals surface area contributed by atoms with Crippen LogP contribution in [-0.4, -0.2) is 49.3 Å². The standard InChI is InChI=1S/C27H25N3O5S2/c1-18-4-13-23-24(16-18)36-26(29-23)19-5-9-21(10-6-19)28-25(31)17-35-27(32)20-7-11-22(12-8-20)37(33,34)30-14-2-3-15-30/h4-13,16H,2-3,14-15,17H2,1H3,(H,28,31).